The van der Waals surface area contributed by atoms with E-state index >= 15 is 0 Å². The number of nitrogens with zero attached hydrogens (tertiary/aromatic N) is 4. The van der Waals surface area contributed by atoms with E-state index in [1.807, 2.05) is 17.6 Å². The summed E-state index contributed by atoms with van der Waals surface area (Å²) in [6.45, 7) is 4.89. The van der Waals surface area contributed by atoms with Gasteiger partial charge in [0, 0.05) is 13.0 Å². The summed E-state index contributed by atoms with van der Waals surface area (Å²) in [7, 11) is 1.51. The zero-order chi connectivity index (χ0) is 18.7. The van der Waals surface area contributed by atoms with Gasteiger partial charge in [0.15, 0.2) is 28.8 Å². The molecule has 1 atom stereocenters. The lowest BCUT2D eigenvalue weighted by Gasteiger charge is -2.14. The first-order valence-electron chi connectivity index (χ1n) is 8.51. The highest BCUT2D eigenvalue weighted by Gasteiger charge is 2.21. The number of methoxy groups -OCH3 is 1. The number of fused-ring (bicyclic) bond motifs is 1. The Balaban J connectivity index is 1.98. The van der Waals surface area contributed by atoms with Crippen molar-refractivity contribution < 1.29 is 14.9 Å². The number of aromatic hydroxyl groups is 1. The molecular formula is C18H23N5O3. The van der Waals surface area contributed by atoms with Crippen LogP contribution in [0.2, 0.25) is 0 Å². The third-order valence-electron chi connectivity index (χ3n) is 3.93. The van der Waals surface area contributed by atoms with E-state index in [1.165, 1.54) is 7.11 Å². The van der Waals surface area contributed by atoms with Gasteiger partial charge in [0.1, 0.15) is 5.82 Å². The maximum atomic E-state index is 9.98. The predicted octanol–water partition coefficient (Wildman–Crippen LogP) is 1.90. The molecular weight excluding hydrogens is 334 g/mol. The molecule has 0 amide bonds. The number of hydrogen-bond donors (Lipinski definition) is 3. The number of aromatic nitrogens is 4. The molecule has 0 saturated carbocycles. The average molecular weight is 357 g/mol. The number of phenols is 1. The number of phenolic OH excluding ortho intramolecular Hbond substituents is 1. The maximum Gasteiger partial charge on any atom is 0.166 e. The van der Waals surface area contributed by atoms with E-state index in [2.05, 4.69) is 20.3 Å². The van der Waals surface area contributed by atoms with E-state index < -0.39 is 6.10 Å². The van der Waals surface area contributed by atoms with Crippen LogP contribution in [-0.2, 0) is 13.0 Å². The van der Waals surface area contributed by atoms with Gasteiger partial charge < -0.3 is 24.8 Å². The highest BCUT2D eigenvalue weighted by molar-refractivity contribution is 5.67. The largest absolute Gasteiger partial charge is 0.504 e. The van der Waals surface area contributed by atoms with Crippen molar-refractivity contribution in [2.45, 2.75) is 32.9 Å². The first kappa shape index (κ1) is 17.9. The third kappa shape index (κ3) is 3.70. The monoisotopic (exact) mass is 357 g/mol. The second-order valence-corrected chi connectivity index (χ2v) is 6.12. The van der Waals surface area contributed by atoms with Crippen molar-refractivity contribution in [1.82, 2.24) is 19.5 Å². The highest BCUT2D eigenvalue weighted by Crippen LogP contribution is 2.29. The van der Waals surface area contributed by atoms with Crippen LogP contribution in [0.25, 0.3) is 11.5 Å². The number of rotatable bonds is 7. The Morgan fingerprint density at radius 2 is 2.12 bits per heavy atom. The lowest BCUT2D eigenvalue weighted by Crippen LogP contribution is -2.10. The van der Waals surface area contributed by atoms with Crippen LogP contribution in [0.1, 0.15) is 25.2 Å². The number of aliphatic hydroxyl groups is 1. The maximum absolute atomic E-state index is 9.98. The van der Waals surface area contributed by atoms with Crippen LogP contribution in [0.3, 0.4) is 0 Å². The number of anilines is 1. The average Bonchev–Trinajstić information content (AvgIpc) is 3.01. The molecule has 0 bridgehead atoms. The molecule has 2 aliphatic heterocycles. The molecule has 0 aliphatic carbocycles. The van der Waals surface area contributed by atoms with Gasteiger partial charge in [-0.25, -0.2) is 15.0 Å². The van der Waals surface area contributed by atoms with Gasteiger partial charge >= 0.3 is 0 Å². The van der Waals surface area contributed by atoms with E-state index in [0.29, 0.717) is 41.9 Å². The topological polar surface area (TPSA) is 105 Å². The van der Waals surface area contributed by atoms with E-state index in [1.54, 1.807) is 25.4 Å². The Morgan fingerprint density at radius 3 is 2.77 bits per heavy atom. The molecule has 2 aliphatic rings. The van der Waals surface area contributed by atoms with Gasteiger partial charge in [0.2, 0.25) is 0 Å². The van der Waals surface area contributed by atoms with E-state index in [9.17, 15) is 10.2 Å². The lowest BCUT2D eigenvalue weighted by atomic mass is 10.2. The summed E-state index contributed by atoms with van der Waals surface area (Å²) in [5.74, 6) is 2.44. The third-order valence-corrected chi connectivity index (χ3v) is 3.93. The van der Waals surface area contributed by atoms with Crippen molar-refractivity contribution in [2.75, 3.05) is 19.0 Å². The van der Waals surface area contributed by atoms with Gasteiger partial charge in [-0.1, -0.05) is 6.07 Å². The number of benzene rings is 1. The minimum Gasteiger partial charge on any atom is -0.504 e. The van der Waals surface area contributed by atoms with Crippen LogP contribution in [0.5, 0.6) is 11.5 Å². The normalized spacial score (nSPS) is 12.3. The van der Waals surface area contributed by atoms with Crippen LogP contribution in [-0.4, -0.2) is 49.5 Å². The zero-order valence-electron chi connectivity index (χ0n) is 15.1. The molecule has 0 fully saturated rings. The summed E-state index contributed by atoms with van der Waals surface area (Å²) >= 11 is 0. The molecule has 138 valence electrons. The zero-order valence-corrected chi connectivity index (χ0v) is 15.1. The van der Waals surface area contributed by atoms with Crippen LogP contribution >= 0.6 is 0 Å². The molecule has 0 radical (unpaired) electrons. The molecule has 1 aromatic carbocycles. The number of imidazole rings is 1. The standard InChI is InChI=1S/C18H23N5O3/c1-4-19-17-16-18(22-15(21-16)7-11(2)24)23(10-20-17)9-12-5-6-14(26-3)13(25)8-12/h5-6,8,10-11,19,24-25H,4,7,9H2,1-3H3. The number of hydrogen-bond acceptors (Lipinski definition) is 7. The second kappa shape index (κ2) is 7.57. The van der Waals surface area contributed by atoms with Gasteiger partial charge in [-0.3, -0.25) is 0 Å². The fraction of sp³-hybridized carbons (Fsp3) is 0.389. The fourth-order valence-corrected chi connectivity index (χ4v) is 2.78. The summed E-state index contributed by atoms with van der Waals surface area (Å²) in [6, 6.07) is 5.25. The molecule has 8 heteroatoms. The Bertz CT molecular complexity index is 862. The van der Waals surface area contributed by atoms with Crippen LogP contribution in [0.4, 0.5) is 5.82 Å². The molecule has 0 spiro atoms. The predicted molar refractivity (Wildman–Crippen MR) is 97.7 cm³/mol. The minimum atomic E-state index is -0.519. The Hall–Kier alpha value is -2.87. The molecule has 1 aromatic rings. The quantitative estimate of drug-likeness (QED) is 0.593. The van der Waals surface area contributed by atoms with Gasteiger partial charge in [0.25, 0.3) is 0 Å². The summed E-state index contributed by atoms with van der Waals surface area (Å²) in [4.78, 5) is 13.5. The van der Waals surface area contributed by atoms with Crippen LogP contribution in [0, 0.1) is 0 Å². The Morgan fingerprint density at radius 1 is 1.31 bits per heavy atom. The molecule has 0 aromatic heterocycles. The van der Waals surface area contributed by atoms with E-state index in [0.717, 1.165) is 12.1 Å². The minimum absolute atomic E-state index is 0.0856. The van der Waals surface area contributed by atoms with Crippen molar-refractivity contribution in [3.63, 3.8) is 0 Å². The number of nitrogens with one attached hydrogen (secondary N) is 1. The molecule has 2 heterocycles. The number of ether oxygens (including phenoxy) is 1. The lowest BCUT2D eigenvalue weighted by molar-refractivity contribution is 0.193. The SMILES string of the molecule is CCNc1ncn(Cc2ccc(OC)c(O)c2)c2nc(CC(C)O)nc1-2. The molecule has 1 unspecified atom stereocenters. The van der Waals surface area contributed by atoms with Crippen molar-refractivity contribution in [3.05, 3.63) is 35.9 Å². The van der Waals surface area contributed by atoms with Gasteiger partial charge in [-0.05, 0) is 31.5 Å². The molecule has 0 saturated heterocycles. The fourth-order valence-electron chi connectivity index (χ4n) is 2.78. The molecule has 3 N–H and O–H groups in total. The first-order chi connectivity index (χ1) is 12.5. The van der Waals surface area contributed by atoms with Gasteiger partial charge in [-0.2, -0.15) is 0 Å². The Labute approximate surface area is 151 Å². The first-order valence-corrected chi connectivity index (χ1v) is 8.51. The van der Waals surface area contributed by atoms with Crippen LogP contribution in [0.15, 0.2) is 24.5 Å². The van der Waals surface area contributed by atoms with Crippen molar-refractivity contribution in [2.24, 2.45) is 0 Å². The van der Waals surface area contributed by atoms with Gasteiger partial charge in [0.05, 0.1) is 26.1 Å². The van der Waals surface area contributed by atoms with E-state index in [4.69, 9.17) is 4.74 Å². The summed E-state index contributed by atoms with van der Waals surface area (Å²) in [6.07, 6.45) is 1.56. The van der Waals surface area contributed by atoms with E-state index in [-0.39, 0.29) is 5.75 Å². The van der Waals surface area contributed by atoms with Crippen LogP contribution < -0.4 is 10.1 Å². The van der Waals surface area contributed by atoms with Crippen molar-refractivity contribution in [1.29, 1.82) is 0 Å². The number of aliphatic hydroxyl groups excluding tert-OH is 1. The second-order valence-electron chi connectivity index (χ2n) is 6.12. The summed E-state index contributed by atoms with van der Waals surface area (Å²) in [5.41, 5.74) is 1.55. The Kier molecular flexibility index (Phi) is 5.22. The summed E-state index contributed by atoms with van der Waals surface area (Å²) < 4.78 is 6.95. The van der Waals surface area contributed by atoms with Gasteiger partial charge in [-0.15, -0.1) is 0 Å². The van der Waals surface area contributed by atoms with Crippen molar-refractivity contribution >= 4 is 5.82 Å². The summed E-state index contributed by atoms with van der Waals surface area (Å²) in [5, 5.41) is 22.8. The smallest absolute Gasteiger partial charge is 0.166 e. The molecule has 8 nitrogen and oxygen atoms in total. The highest BCUT2D eigenvalue weighted by atomic mass is 16.5. The molecule has 3 rings (SSSR count). The molecule has 26 heavy (non-hydrogen) atoms. The van der Waals surface area contributed by atoms with Crippen molar-refractivity contribution in [3.8, 4) is 23.0 Å².